The fraction of sp³-hybridized carbons (Fsp3) is 0.240. The van der Waals surface area contributed by atoms with Crippen LogP contribution in [0, 0.1) is 0 Å². The molecule has 0 aliphatic carbocycles. The Morgan fingerprint density at radius 3 is 2.56 bits per heavy atom. The molecular weight excluding hydrogens is 443 g/mol. The summed E-state index contributed by atoms with van der Waals surface area (Å²) in [6.45, 7) is 2.93. The first-order valence-electron chi connectivity index (χ1n) is 11.0. The second-order valence-corrected chi connectivity index (χ2v) is 8.31. The van der Waals surface area contributed by atoms with Crippen LogP contribution in [0.3, 0.4) is 0 Å². The normalized spacial score (nSPS) is 14.6. The Bertz CT molecular complexity index is 1320. The van der Waals surface area contributed by atoms with Crippen LogP contribution in [0.5, 0.6) is 0 Å². The minimum absolute atomic E-state index is 0.0520. The molecule has 5 rings (SSSR count). The first-order valence-corrected chi connectivity index (χ1v) is 11.0. The van der Waals surface area contributed by atoms with Gasteiger partial charge in [0, 0.05) is 12.1 Å². The Morgan fingerprint density at radius 1 is 1.03 bits per heavy atom. The van der Waals surface area contributed by atoms with Gasteiger partial charge in [0.05, 0.1) is 34.2 Å². The molecular formula is C25H22F3N5O. The van der Waals surface area contributed by atoms with Crippen molar-refractivity contribution >= 4 is 22.6 Å². The van der Waals surface area contributed by atoms with Gasteiger partial charge in [-0.1, -0.05) is 24.3 Å². The summed E-state index contributed by atoms with van der Waals surface area (Å²) >= 11 is 0. The Balaban J connectivity index is 1.39. The summed E-state index contributed by atoms with van der Waals surface area (Å²) in [6, 6.07) is 13.8. The van der Waals surface area contributed by atoms with Crippen molar-refractivity contribution in [2.75, 3.05) is 18.4 Å². The van der Waals surface area contributed by atoms with Gasteiger partial charge in [0.1, 0.15) is 11.3 Å². The molecule has 1 aliphatic rings. The van der Waals surface area contributed by atoms with Crippen molar-refractivity contribution in [3.8, 4) is 11.4 Å². The van der Waals surface area contributed by atoms with Crippen molar-refractivity contribution in [2.24, 2.45) is 0 Å². The van der Waals surface area contributed by atoms with Gasteiger partial charge in [0.25, 0.3) is 5.91 Å². The summed E-state index contributed by atoms with van der Waals surface area (Å²) in [4.78, 5) is 27.0. The monoisotopic (exact) mass is 465 g/mol. The molecule has 1 amide bonds. The van der Waals surface area contributed by atoms with Crippen LogP contribution < -0.4 is 5.32 Å². The number of pyridine rings is 1. The van der Waals surface area contributed by atoms with E-state index < -0.39 is 17.6 Å². The van der Waals surface area contributed by atoms with Crippen LogP contribution in [0.1, 0.15) is 34.5 Å². The molecule has 6 nitrogen and oxygen atoms in total. The zero-order valence-corrected chi connectivity index (χ0v) is 18.2. The van der Waals surface area contributed by atoms with Gasteiger partial charge in [-0.3, -0.25) is 14.7 Å². The fourth-order valence-electron chi connectivity index (χ4n) is 4.24. The van der Waals surface area contributed by atoms with Crippen LogP contribution in [0.15, 0.2) is 60.8 Å². The number of anilines is 1. The van der Waals surface area contributed by atoms with E-state index in [1.165, 1.54) is 31.0 Å². The van der Waals surface area contributed by atoms with Crippen molar-refractivity contribution in [1.29, 1.82) is 0 Å². The molecule has 2 aromatic carbocycles. The van der Waals surface area contributed by atoms with E-state index in [9.17, 15) is 18.0 Å². The number of carbonyl (C=O) groups excluding carboxylic acids is 1. The summed E-state index contributed by atoms with van der Waals surface area (Å²) in [6.07, 6.45) is -0.504. The van der Waals surface area contributed by atoms with Crippen molar-refractivity contribution in [3.63, 3.8) is 0 Å². The summed E-state index contributed by atoms with van der Waals surface area (Å²) in [7, 11) is 0. The summed E-state index contributed by atoms with van der Waals surface area (Å²) < 4.78 is 40.4. The highest BCUT2D eigenvalue weighted by Gasteiger charge is 2.34. The van der Waals surface area contributed by atoms with Gasteiger partial charge in [-0.25, -0.2) is 4.98 Å². The van der Waals surface area contributed by atoms with Gasteiger partial charge in [0.2, 0.25) is 0 Å². The van der Waals surface area contributed by atoms with Crippen LogP contribution in [-0.4, -0.2) is 38.8 Å². The number of nitrogens with one attached hydrogen (secondary N) is 2. The lowest BCUT2D eigenvalue weighted by Crippen LogP contribution is -2.19. The molecule has 1 saturated heterocycles. The van der Waals surface area contributed by atoms with Gasteiger partial charge in [-0.2, -0.15) is 13.2 Å². The predicted molar refractivity (Wildman–Crippen MR) is 123 cm³/mol. The number of amides is 1. The van der Waals surface area contributed by atoms with E-state index in [0.717, 1.165) is 31.4 Å². The molecule has 1 aliphatic heterocycles. The number of benzene rings is 2. The number of alkyl halides is 3. The maximum Gasteiger partial charge on any atom is 0.417 e. The number of fused-ring (bicyclic) bond motifs is 1. The molecule has 1 fully saturated rings. The van der Waals surface area contributed by atoms with Crippen molar-refractivity contribution in [2.45, 2.75) is 25.6 Å². The molecule has 2 aromatic heterocycles. The molecule has 34 heavy (non-hydrogen) atoms. The molecule has 174 valence electrons. The third-order valence-corrected chi connectivity index (χ3v) is 5.91. The number of hydrogen-bond acceptors (Lipinski definition) is 4. The Morgan fingerprint density at radius 2 is 1.82 bits per heavy atom. The van der Waals surface area contributed by atoms with Crippen molar-refractivity contribution < 1.29 is 18.0 Å². The number of aromatic amines is 1. The molecule has 0 atom stereocenters. The van der Waals surface area contributed by atoms with Crippen LogP contribution in [0.25, 0.3) is 22.4 Å². The number of nitrogens with zero attached hydrogens (tertiary/aromatic N) is 3. The van der Waals surface area contributed by atoms with Crippen LogP contribution in [-0.2, 0) is 12.7 Å². The second kappa shape index (κ2) is 8.90. The molecule has 0 spiro atoms. The third-order valence-electron chi connectivity index (χ3n) is 5.91. The molecule has 0 radical (unpaired) electrons. The zero-order valence-electron chi connectivity index (χ0n) is 18.2. The first-order chi connectivity index (χ1) is 16.4. The second-order valence-electron chi connectivity index (χ2n) is 8.31. The van der Waals surface area contributed by atoms with Crippen molar-refractivity contribution in [1.82, 2.24) is 19.9 Å². The smallest absolute Gasteiger partial charge is 0.338 e. The summed E-state index contributed by atoms with van der Waals surface area (Å²) in [5.74, 6) is -0.363. The topological polar surface area (TPSA) is 73.9 Å². The molecule has 3 heterocycles. The highest BCUT2D eigenvalue weighted by atomic mass is 19.4. The number of aromatic nitrogens is 3. The largest absolute Gasteiger partial charge is 0.417 e. The Kier molecular flexibility index (Phi) is 5.79. The standard InChI is InChI=1S/C25H22F3N5O/c26-25(27,28)20-8-2-1-6-18(20)23-31-21-9-5-7-19(22(21)32-23)24(34)30-16-10-11-17(29-14-16)15-33-12-3-4-13-33/h1-2,5-11,14H,3-4,12-13,15H2,(H,30,34)(H,31,32). The zero-order chi connectivity index (χ0) is 23.7. The van der Waals surface area contributed by atoms with Gasteiger partial charge in [-0.05, 0) is 56.3 Å². The lowest BCUT2D eigenvalue weighted by Gasteiger charge is -2.14. The average molecular weight is 465 g/mol. The molecule has 9 heteroatoms. The predicted octanol–water partition coefficient (Wildman–Crippen LogP) is 5.49. The number of para-hydroxylation sites is 1. The number of imidazole rings is 1. The molecule has 0 saturated carbocycles. The highest BCUT2D eigenvalue weighted by Crippen LogP contribution is 2.36. The van der Waals surface area contributed by atoms with Crippen LogP contribution in [0.4, 0.5) is 18.9 Å². The SMILES string of the molecule is O=C(Nc1ccc(CN2CCCC2)nc1)c1cccc2[nH]c(-c3ccccc3C(F)(F)F)nc12. The Hall–Kier alpha value is -3.72. The quantitative estimate of drug-likeness (QED) is 0.409. The average Bonchev–Trinajstić information content (AvgIpc) is 3.49. The molecule has 4 aromatic rings. The number of H-pyrrole nitrogens is 1. The number of carbonyl (C=O) groups is 1. The van der Waals surface area contributed by atoms with Crippen LogP contribution >= 0.6 is 0 Å². The Labute approximate surface area is 193 Å². The van der Waals surface area contributed by atoms with Gasteiger partial charge in [0.15, 0.2) is 0 Å². The van der Waals surface area contributed by atoms with E-state index >= 15 is 0 Å². The minimum Gasteiger partial charge on any atom is -0.338 e. The molecule has 2 N–H and O–H groups in total. The van der Waals surface area contributed by atoms with Gasteiger partial charge >= 0.3 is 6.18 Å². The highest BCUT2D eigenvalue weighted by molar-refractivity contribution is 6.11. The number of likely N-dealkylation sites (tertiary alicyclic amines) is 1. The molecule has 0 bridgehead atoms. The van der Waals surface area contributed by atoms with E-state index in [2.05, 4.69) is 25.2 Å². The maximum absolute atomic E-state index is 13.5. The number of hydrogen-bond donors (Lipinski definition) is 2. The fourth-order valence-corrected chi connectivity index (χ4v) is 4.24. The molecule has 0 unspecified atom stereocenters. The lowest BCUT2D eigenvalue weighted by atomic mass is 10.1. The first kappa shape index (κ1) is 22.1. The van der Waals surface area contributed by atoms with E-state index in [-0.39, 0.29) is 17.0 Å². The number of rotatable bonds is 5. The van der Waals surface area contributed by atoms with Crippen LogP contribution in [0.2, 0.25) is 0 Å². The van der Waals surface area contributed by atoms with Crippen molar-refractivity contribution in [3.05, 3.63) is 77.6 Å². The summed E-state index contributed by atoms with van der Waals surface area (Å²) in [5.41, 5.74) is 1.62. The maximum atomic E-state index is 13.5. The van der Waals surface area contributed by atoms with Gasteiger partial charge < -0.3 is 10.3 Å². The summed E-state index contributed by atoms with van der Waals surface area (Å²) in [5, 5.41) is 2.81. The van der Waals surface area contributed by atoms with E-state index in [4.69, 9.17) is 0 Å². The van der Waals surface area contributed by atoms with Gasteiger partial charge in [-0.15, -0.1) is 0 Å². The minimum atomic E-state index is -4.52. The lowest BCUT2D eigenvalue weighted by molar-refractivity contribution is -0.137. The number of halogens is 3. The van der Waals surface area contributed by atoms with E-state index in [1.54, 1.807) is 30.5 Å². The van der Waals surface area contributed by atoms with E-state index in [0.29, 0.717) is 16.7 Å². The third kappa shape index (κ3) is 4.51. The van der Waals surface area contributed by atoms with E-state index in [1.807, 2.05) is 6.07 Å².